The number of carboxylic acids is 1. The first-order chi connectivity index (χ1) is 12.2. The number of nitrogens with one attached hydrogen (secondary N) is 2. The van der Waals surface area contributed by atoms with Crippen LogP contribution in [0, 0.1) is 0 Å². The summed E-state index contributed by atoms with van der Waals surface area (Å²) < 4.78 is 5.71. The number of anilines is 1. The minimum Gasteiger partial charge on any atom is -0.494 e. The summed E-state index contributed by atoms with van der Waals surface area (Å²) in [6, 6.07) is 7.39. The Morgan fingerprint density at radius 3 is 2.50 bits per heavy atom. The Hall–Kier alpha value is -1.87. The highest BCUT2D eigenvalue weighted by Crippen LogP contribution is 2.32. The van der Waals surface area contributed by atoms with Crippen molar-refractivity contribution in [3.63, 3.8) is 0 Å². The van der Waals surface area contributed by atoms with Gasteiger partial charge in [-0.05, 0) is 42.5 Å². The lowest BCUT2D eigenvalue weighted by atomic mass is 10.2. The zero-order valence-electron chi connectivity index (χ0n) is 13.1. The third-order valence-electron chi connectivity index (χ3n) is 3.14. The summed E-state index contributed by atoms with van der Waals surface area (Å²) >= 11 is 20.2. The number of carbonyl (C=O) groups excluding carboxylic acids is 1. The second kappa shape index (κ2) is 8.68. The van der Waals surface area contributed by atoms with Crippen LogP contribution < -0.4 is 15.4 Å². The van der Waals surface area contributed by atoms with E-state index in [-0.39, 0.29) is 37.7 Å². The Balaban J connectivity index is 2.22. The second-order valence-corrected chi connectivity index (χ2v) is 7.04. The number of halogens is 3. The minimum atomic E-state index is -1.15. The first-order valence-corrected chi connectivity index (χ1v) is 8.87. The van der Waals surface area contributed by atoms with Gasteiger partial charge in [0.25, 0.3) is 5.91 Å². The van der Waals surface area contributed by atoms with Crippen LogP contribution in [0.4, 0.5) is 5.69 Å². The minimum absolute atomic E-state index is 0.0145. The van der Waals surface area contributed by atoms with Crippen LogP contribution in [0.15, 0.2) is 34.8 Å². The van der Waals surface area contributed by atoms with Crippen LogP contribution in [-0.2, 0) is 0 Å². The third kappa shape index (κ3) is 4.85. The molecule has 2 rings (SSSR count). The molecule has 0 bridgehead atoms. The van der Waals surface area contributed by atoms with E-state index in [9.17, 15) is 14.7 Å². The molecule has 0 fully saturated rings. The third-order valence-corrected chi connectivity index (χ3v) is 4.34. The van der Waals surface area contributed by atoms with Crippen molar-refractivity contribution >= 4 is 74.0 Å². The fraction of sp³-hybridized carbons (Fsp3) is 0.0625. The number of hydrogen-bond donors (Lipinski definition) is 3. The molecule has 0 aliphatic heterocycles. The number of rotatable bonds is 4. The number of ether oxygens (including phenoxy) is 1. The topological polar surface area (TPSA) is 87.7 Å². The normalized spacial score (nSPS) is 10.2. The average molecular weight is 478 g/mol. The molecule has 26 heavy (non-hydrogen) atoms. The molecule has 0 saturated heterocycles. The number of benzene rings is 2. The van der Waals surface area contributed by atoms with Gasteiger partial charge in [-0.1, -0.05) is 39.1 Å². The highest BCUT2D eigenvalue weighted by Gasteiger charge is 2.19. The van der Waals surface area contributed by atoms with Gasteiger partial charge in [0.2, 0.25) is 0 Å². The molecular weight excluding hydrogens is 467 g/mol. The number of carboxylic acid groups (broad SMARTS) is 1. The van der Waals surface area contributed by atoms with Crippen molar-refractivity contribution in [1.29, 1.82) is 0 Å². The van der Waals surface area contributed by atoms with E-state index >= 15 is 0 Å². The molecule has 3 N–H and O–H groups in total. The Labute approximate surface area is 172 Å². The van der Waals surface area contributed by atoms with Crippen LogP contribution in [0.1, 0.15) is 20.7 Å². The molecular formula is C16H11BrCl2N2O4S. The Morgan fingerprint density at radius 2 is 1.88 bits per heavy atom. The Bertz CT molecular complexity index is 908. The van der Waals surface area contributed by atoms with Gasteiger partial charge >= 0.3 is 5.97 Å². The summed E-state index contributed by atoms with van der Waals surface area (Å²) in [5, 5.41) is 14.7. The number of hydrogen-bond acceptors (Lipinski definition) is 4. The molecule has 0 unspecified atom stereocenters. The first-order valence-electron chi connectivity index (χ1n) is 6.91. The van der Waals surface area contributed by atoms with Crippen LogP contribution in [0.2, 0.25) is 10.0 Å². The molecule has 0 aromatic heterocycles. The molecule has 0 spiro atoms. The van der Waals surface area contributed by atoms with Crippen molar-refractivity contribution in [3.05, 3.63) is 56.0 Å². The molecule has 136 valence electrons. The standard InChI is InChI=1S/C16H11BrCl2N2O4S/c1-25-13-10(5-8(18)6-11(13)19)14(22)21-16(26)20-12-3-2-7(17)4-9(12)15(23)24/h2-6H,1H3,(H,23,24)(H2,20,21,22,26). The van der Waals surface area contributed by atoms with Gasteiger partial charge in [-0.3, -0.25) is 10.1 Å². The maximum absolute atomic E-state index is 12.4. The summed E-state index contributed by atoms with van der Waals surface area (Å²) in [5.74, 6) is -1.62. The lowest BCUT2D eigenvalue weighted by molar-refractivity contribution is 0.0697. The fourth-order valence-corrected chi connectivity index (χ4v) is 3.20. The number of amides is 1. The number of carbonyl (C=O) groups is 2. The van der Waals surface area contributed by atoms with Crippen molar-refractivity contribution in [2.45, 2.75) is 0 Å². The van der Waals surface area contributed by atoms with E-state index in [1.54, 1.807) is 6.07 Å². The van der Waals surface area contributed by atoms with Gasteiger partial charge in [0.15, 0.2) is 5.11 Å². The van der Waals surface area contributed by atoms with E-state index in [1.165, 1.54) is 31.4 Å². The van der Waals surface area contributed by atoms with Crippen LogP contribution in [0.3, 0.4) is 0 Å². The fourth-order valence-electron chi connectivity index (χ4n) is 2.06. The van der Waals surface area contributed by atoms with Gasteiger partial charge in [-0.15, -0.1) is 0 Å². The zero-order chi connectivity index (χ0) is 19.4. The number of methoxy groups -OCH3 is 1. The van der Waals surface area contributed by atoms with E-state index in [4.69, 9.17) is 40.2 Å². The molecule has 0 aliphatic carbocycles. The lowest BCUT2D eigenvalue weighted by Gasteiger charge is -2.14. The molecule has 0 atom stereocenters. The summed E-state index contributed by atoms with van der Waals surface area (Å²) in [4.78, 5) is 23.8. The summed E-state index contributed by atoms with van der Waals surface area (Å²) in [6.45, 7) is 0. The Kier molecular flexibility index (Phi) is 6.82. The Morgan fingerprint density at radius 1 is 1.19 bits per heavy atom. The lowest BCUT2D eigenvalue weighted by Crippen LogP contribution is -2.34. The highest BCUT2D eigenvalue weighted by atomic mass is 79.9. The summed E-state index contributed by atoms with van der Waals surface area (Å²) in [6.07, 6.45) is 0. The SMILES string of the molecule is COc1c(Cl)cc(Cl)cc1C(=O)NC(=S)Nc1ccc(Br)cc1C(=O)O. The van der Waals surface area contributed by atoms with Gasteiger partial charge in [0, 0.05) is 9.50 Å². The van der Waals surface area contributed by atoms with Gasteiger partial charge in [-0.25, -0.2) is 4.79 Å². The van der Waals surface area contributed by atoms with Crippen LogP contribution in [-0.4, -0.2) is 29.2 Å². The van der Waals surface area contributed by atoms with Gasteiger partial charge < -0.3 is 15.2 Å². The van der Waals surface area contributed by atoms with E-state index in [2.05, 4.69) is 26.6 Å². The second-order valence-electron chi connectivity index (χ2n) is 4.87. The molecule has 0 saturated carbocycles. The van der Waals surface area contributed by atoms with E-state index in [0.717, 1.165) is 0 Å². The van der Waals surface area contributed by atoms with Crippen molar-refractivity contribution in [2.24, 2.45) is 0 Å². The first kappa shape index (κ1) is 20.4. The van der Waals surface area contributed by atoms with E-state index < -0.39 is 11.9 Å². The highest BCUT2D eigenvalue weighted by molar-refractivity contribution is 9.10. The predicted octanol–water partition coefficient (Wildman–Crippen LogP) is 4.59. The number of thiocarbonyl (C=S) groups is 1. The van der Waals surface area contributed by atoms with Gasteiger partial charge in [0.1, 0.15) is 5.75 Å². The molecule has 0 radical (unpaired) electrons. The molecule has 6 nitrogen and oxygen atoms in total. The van der Waals surface area contributed by atoms with Gasteiger partial charge in [-0.2, -0.15) is 0 Å². The van der Waals surface area contributed by atoms with Crippen molar-refractivity contribution < 1.29 is 19.4 Å². The maximum atomic E-state index is 12.4. The van der Waals surface area contributed by atoms with Crippen LogP contribution in [0.5, 0.6) is 5.75 Å². The largest absolute Gasteiger partial charge is 0.494 e. The smallest absolute Gasteiger partial charge is 0.337 e. The molecule has 0 aliphatic rings. The quantitative estimate of drug-likeness (QED) is 0.558. The van der Waals surface area contributed by atoms with Crippen molar-refractivity contribution in [2.75, 3.05) is 12.4 Å². The zero-order valence-corrected chi connectivity index (χ0v) is 17.0. The molecule has 2 aromatic carbocycles. The monoisotopic (exact) mass is 476 g/mol. The molecule has 1 amide bonds. The summed E-state index contributed by atoms with van der Waals surface area (Å²) in [5.41, 5.74) is 0.296. The molecule has 2 aromatic rings. The van der Waals surface area contributed by atoms with E-state index in [0.29, 0.717) is 4.47 Å². The van der Waals surface area contributed by atoms with Crippen LogP contribution >= 0.6 is 51.3 Å². The van der Waals surface area contributed by atoms with Crippen LogP contribution in [0.25, 0.3) is 0 Å². The molecule has 0 heterocycles. The summed E-state index contributed by atoms with van der Waals surface area (Å²) in [7, 11) is 1.36. The maximum Gasteiger partial charge on any atom is 0.337 e. The van der Waals surface area contributed by atoms with E-state index in [1.807, 2.05) is 0 Å². The molecule has 10 heteroatoms. The number of aromatic carboxylic acids is 1. The van der Waals surface area contributed by atoms with Crippen molar-refractivity contribution in [3.8, 4) is 5.75 Å². The van der Waals surface area contributed by atoms with Crippen molar-refractivity contribution in [1.82, 2.24) is 5.32 Å². The predicted molar refractivity (Wildman–Crippen MR) is 108 cm³/mol. The average Bonchev–Trinajstić information content (AvgIpc) is 2.55. The van der Waals surface area contributed by atoms with Gasteiger partial charge in [0.05, 0.1) is 28.9 Å².